The lowest BCUT2D eigenvalue weighted by Gasteiger charge is -2.35. The van der Waals surface area contributed by atoms with Crippen LogP contribution in [0.5, 0.6) is 6.01 Å². The molecule has 2 aromatic carbocycles. The molecule has 5 fully saturated rings. The minimum atomic E-state index is -0.870. The highest BCUT2D eigenvalue weighted by Crippen LogP contribution is 2.43. The van der Waals surface area contributed by atoms with E-state index in [1.54, 1.807) is 19.1 Å². The maximum absolute atomic E-state index is 15.0. The number of aliphatic hydroxyl groups excluding tert-OH is 1. The van der Waals surface area contributed by atoms with Gasteiger partial charge < -0.3 is 49.2 Å². The number of piperidine rings is 1. The zero-order valence-electron chi connectivity index (χ0n) is 45.0. The number of benzene rings is 2. The third kappa shape index (κ3) is 14.7. The summed E-state index contributed by atoms with van der Waals surface area (Å²) >= 11 is 0. The van der Waals surface area contributed by atoms with Crippen molar-refractivity contribution in [3.63, 3.8) is 0 Å². The largest absolute Gasteiger partial charge is 0.508 e. The number of amides is 3. The van der Waals surface area contributed by atoms with E-state index in [-0.39, 0.29) is 82.3 Å². The Labute approximate surface area is 459 Å². The third-order valence-corrected chi connectivity index (χ3v) is 15.3. The molecule has 0 spiro atoms. The molecule has 0 saturated carbocycles. The van der Waals surface area contributed by atoms with Crippen LogP contribution >= 0.6 is 0 Å². The van der Waals surface area contributed by atoms with Crippen molar-refractivity contribution >= 4 is 47.8 Å². The number of fused-ring (bicyclic) bond motifs is 3. The lowest BCUT2D eigenvalue weighted by Crippen LogP contribution is -2.53. The highest BCUT2D eigenvalue weighted by molar-refractivity contribution is 6.07. The van der Waals surface area contributed by atoms with Crippen molar-refractivity contribution in [2.45, 2.75) is 94.7 Å². The van der Waals surface area contributed by atoms with E-state index in [1.165, 1.54) is 54.6 Å². The molecule has 5 saturated heterocycles. The maximum atomic E-state index is 15.0. The number of halogens is 2. The Morgan fingerprint density at radius 2 is 1.73 bits per heavy atom. The maximum Gasteiger partial charge on any atom is 0.318 e. The van der Waals surface area contributed by atoms with Gasteiger partial charge in [0.05, 0.1) is 92.0 Å². The van der Waals surface area contributed by atoms with Crippen molar-refractivity contribution < 1.29 is 56.7 Å². The minimum absolute atomic E-state index is 0.118. The number of aromatic nitrogens is 2. The smallest absolute Gasteiger partial charge is 0.318 e. The Morgan fingerprint density at radius 3 is 2.44 bits per heavy atom. The Morgan fingerprint density at radius 1 is 1.00 bits per heavy atom. The number of carbonyl (C=O) groups excluding carboxylic acids is 4. The van der Waals surface area contributed by atoms with Gasteiger partial charge in [0, 0.05) is 63.1 Å². The van der Waals surface area contributed by atoms with E-state index in [4.69, 9.17) is 35.1 Å². The van der Waals surface area contributed by atoms with Gasteiger partial charge in [-0.3, -0.25) is 34.4 Å². The zero-order valence-corrected chi connectivity index (χ0v) is 45.0. The highest BCUT2D eigenvalue weighted by atomic mass is 19.1. The molecule has 6 heterocycles. The van der Waals surface area contributed by atoms with Gasteiger partial charge in [0.2, 0.25) is 11.8 Å². The standard InChI is InChI=1S/C58H71F2N9O10/c1-5-45-39(3)40(11-15-49(45)60)30-44(71)14-10-38(2)62-32-47-51(31-59)64-57(66-54(47)68-33-41-12-13-42(34-68)63-41)79-37-58-19-7-22-69(58)43(18-20-58)36-78-29-28-77-27-26-76-25-24-75-23-21-61-50-9-6-8-46(48(50)35-70)56(74)67(4)52-16-17-53(72)65-55(52)73/h1,6,8-11,14-15,30,32,35,41-43,52,61,63,71H,2,7,12-13,16-29,31,33-34,36-37H2,3-4H3,(H,65,72,73)/b14-10+,44-30+,62-32?/t41?,42?,43-,52?,58?/m1/s1. The summed E-state index contributed by atoms with van der Waals surface area (Å²) in [6.45, 7) is 11.1. The molecular weight excluding hydrogens is 1020 g/mol. The van der Waals surface area contributed by atoms with E-state index >= 15 is 4.39 Å². The molecule has 79 heavy (non-hydrogen) atoms. The molecule has 5 atom stereocenters. The average molecular weight is 1090 g/mol. The summed E-state index contributed by atoms with van der Waals surface area (Å²) in [5, 5.41) is 19.7. The van der Waals surface area contributed by atoms with Gasteiger partial charge in [-0.05, 0) is 106 Å². The molecule has 3 amide bonds. The summed E-state index contributed by atoms with van der Waals surface area (Å²) < 4.78 is 58.8. The molecule has 4 unspecified atom stereocenters. The summed E-state index contributed by atoms with van der Waals surface area (Å²) in [4.78, 5) is 69.2. The van der Waals surface area contributed by atoms with Crippen LogP contribution in [0.15, 0.2) is 65.5 Å². The molecule has 19 nitrogen and oxygen atoms in total. The van der Waals surface area contributed by atoms with Gasteiger partial charge in [-0.25, -0.2) is 8.78 Å². The van der Waals surface area contributed by atoms with Crippen LogP contribution in [0.2, 0.25) is 0 Å². The number of anilines is 2. The van der Waals surface area contributed by atoms with E-state index < -0.39 is 30.3 Å². The van der Waals surface area contributed by atoms with Gasteiger partial charge in [-0.15, -0.1) is 6.42 Å². The number of nitrogens with one attached hydrogen (secondary N) is 3. The molecule has 1 aromatic heterocycles. The van der Waals surface area contributed by atoms with Gasteiger partial charge >= 0.3 is 6.01 Å². The van der Waals surface area contributed by atoms with Crippen molar-refractivity contribution in [3.8, 4) is 18.4 Å². The molecule has 4 N–H and O–H groups in total. The monoisotopic (exact) mass is 1090 g/mol. The number of alkyl halides is 1. The SMILES string of the molecule is C#Cc1c(F)ccc(/C=C(O)\C=C\C(=C)N=Cc2c(CF)nc(OCC34CCCN3[C@@H](COCCOCCOCCOCCNc3cccc(C(=O)N(C)C5CCC(=O)NC5=O)c3C=O)CC4)nc2N2CC3CCC(C2)N3)c1C. The summed E-state index contributed by atoms with van der Waals surface area (Å²) in [6, 6.07) is 7.75. The van der Waals surface area contributed by atoms with Crippen LogP contribution in [0.3, 0.4) is 0 Å². The quantitative estimate of drug-likeness (QED) is 0.0131. The fourth-order valence-corrected chi connectivity index (χ4v) is 11.1. The first-order valence-electron chi connectivity index (χ1n) is 27.0. The molecule has 8 rings (SSSR count). The summed E-state index contributed by atoms with van der Waals surface area (Å²) in [5.41, 5.74) is 2.66. The van der Waals surface area contributed by atoms with Crippen LogP contribution in [0.1, 0.15) is 100 Å². The Bertz CT molecular complexity index is 2830. The second-order valence-electron chi connectivity index (χ2n) is 20.4. The fourth-order valence-electron chi connectivity index (χ4n) is 11.1. The normalized spacial score (nSPS) is 22.1. The second kappa shape index (κ2) is 27.8. The van der Waals surface area contributed by atoms with Crippen molar-refractivity contribution in [2.75, 3.05) is 103 Å². The van der Waals surface area contributed by atoms with Gasteiger partial charge in [-0.2, -0.15) is 9.97 Å². The van der Waals surface area contributed by atoms with Crippen LogP contribution in [0, 0.1) is 25.1 Å². The number of aldehydes is 1. The zero-order chi connectivity index (χ0) is 55.9. The van der Waals surface area contributed by atoms with E-state index in [0.717, 1.165) is 45.1 Å². The van der Waals surface area contributed by atoms with Crippen LogP contribution in [-0.4, -0.2) is 177 Å². The number of hydrogen-bond acceptors (Lipinski definition) is 17. The van der Waals surface area contributed by atoms with Crippen LogP contribution in [-0.2, 0) is 35.2 Å². The number of carbonyl (C=O) groups is 4. The van der Waals surface area contributed by atoms with Gasteiger partial charge in [-0.1, -0.05) is 24.6 Å². The van der Waals surface area contributed by atoms with Crippen LogP contribution in [0.25, 0.3) is 6.08 Å². The molecule has 2 bridgehead atoms. The van der Waals surface area contributed by atoms with Crippen LogP contribution < -0.4 is 25.6 Å². The van der Waals surface area contributed by atoms with E-state index in [9.17, 15) is 28.7 Å². The number of hydrogen-bond donors (Lipinski definition) is 4. The van der Waals surface area contributed by atoms with E-state index in [1.807, 2.05) is 0 Å². The minimum Gasteiger partial charge on any atom is -0.508 e. The predicted molar refractivity (Wildman–Crippen MR) is 294 cm³/mol. The number of piperazine rings is 1. The molecule has 5 aliphatic rings. The molecular formula is C58H71F2N9O10. The van der Waals surface area contributed by atoms with Crippen molar-refractivity contribution in [2.24, 2.45) is 4.99 Å². The number of rotatable bonds is 28. The summed E-state index contributed by atoms with van der Waals surface area (Å²) in [6.07, 6.45) is 18.3. The lowest BCUT2D eigenvalue weighted by molar-refractivity contribution is -0.136. The lowest BCUT2D eigenvalue weighted by atomic mass is 9.95. The Balaban J connectivity index is 0.743. The first-order chi connectivity index (χ1) is 38.3. The topological polar surface area (TPSA) is 219 Å². The van der Waals surface area contributed by atoms with Crippen molar-refractivity contribution in [3.05, 3.63) is 105 Å². The number of aliphatic imine (C=N–C) groups is 1. The van der Waals surface area contributed by atoms with Gasteiger partial charge in [0.15, 0.2) is 6.29 Å². The predicted octanol–water partition coefficient (Wildman–Crippen LogP) is 5.65. The Kier molecular flexibility index (Phi) is 20.5. The first kappa shape index (κ1) is 58.2. The number of likely N-dealkylation sites (N-methyl/N-ethyl adjacent to an activating group) is 1. The van der Waals surface area contributed by atoms with Gasteiger partial charge in [0.1, 0.15) is 36.7 Å². The second-order valence-corrected chi connectivity index (χ2v) is 20.4. The number of terminal acetylenes is 1. The fraction of sp³-hybridized carbons (Fsp3) is 0.500. The molecule has 21 heteroatoms. The van der Waals surface area contributed by atoms with Crippen LogP contribution in [0.4, 0.5) is 20.3 Å². The van der Waals surface area contributed by atoms with Crippen molar-refractivity contribution in [1.29, 1.82) is 0 Å². The number of imide groups is 1. The highest BCUT2D eigenvalue weighted by Gasteiger charge is 2.50. The molecule has 5 aliphatic heterocycles. The summed E-state index contributed by atoms with van der Waals surface area (Å²) in [7, 11) is 1.48. The summed E-state index contributed by atoms with van der Waals surface area (Å²) in [5.74, 6) is 0.855. The van der Waals surface area contributed by atoms with Gasteiger partial charge in [0.25, 0.3) is 5.91 Å². The number of allylic oxidation sites excluding steroid dienone is 2. The number of nitrogens with zero attached hydrogens (tertiary/aromatic N) is 6. The molecule has 3 aromatic rings. The molecule has 0 aliphatic carbocycles. The molecule has 422 valence electrons. The number of ether oxygens (including phenoxy) is 5. The van der Waals surface area contributed by atoms with Crippen molar-refractivity contribution in [1.82, 2.24) is 30.4 Å². The third-order valence-electron chi connectivity index (χ3n) is 15.3. The Hall–Kier alpha value is -6.93. The van der Waals surface area contributed by atoms with E-state index in [2.05, 4.69) is 48.2 Å². The first-order valence-corrected chi connectivity index (χ1v) is 27.0. The average Bonchev–Trinajstić information content (AvgIpc) is 4.34. The van der Waals surface area contributed by atoms with E-state index in [0.29, 0.717) is 114 Å². The number of aliphatic hydroxyl groups is 1. The molecule has 0 radical (unpaired) electrons.